The highest BCUT2D eigenvalue weighted by Gasteiger charge is 2.49. The monoisotopic (exact) mass is 1340 g/mol. The summed E-state index contributed by atoms with van der Waals surface area (Å²) in [6, 6.07) is 11.0. The Labute approximate surface area is 555 Å². The molecule has 27 heteroatoms. The standard InChI is InChI=1S/C68H99N5O22/c1-13-39(6)58(51(90-11)35-55(80)72-31-19-24-47(72)63(91-12)41(8)48(75)32-40(7)59(82)43-20-15-14-16-21-43)70(9)65(86)45(37(2)3)34-49(76)57(38(4)5)71(10)68(89)92-36-42-27-28-50(93-67-62(85)60(83)61(84)64(94-67)66(87)88)46(33-42)69-52(77)25-17-22-44(74)23-18-26-56(81)95-73-53(78)29-30-54(73)79/h14-16,20-21,27-28,33,37-41,45,47,51,57-64,67,82-85H,13,17-19,22-26,29-32,34-36H2,1-12H3,(H,69,77)(H,87,88)/t39?,40?,41?,45?,47?,51?,57?,58?,59?,60-,61-,62+,63?,64-,67-/m0/s1. The molecule has 6 amide bonds. The molecule has 5 rings (SSSR count). The van der Waals surface area contributed by atoms with E-state index in [1.807, 2.05) is 65.0 Å². The Kier molecular flexibility index (Phi) is 30.3. The SMILES string of the molecule is CCC(C)C(C(CC(=O)N1CCCC1C(OC)C(C)C(=O)CC(C)C(O)c1ccccc1)OC)N(C)C(=O)C(CC(=O)C(C(C)C)N(C)C(=O)OCc1ccc(O[C@H]2O[C@H](C(=O)O)[C@@H](O)[C@H](O)[C@H]2O)c(NC(=O)CCCC(=O)CCCC(=O)ON2C(=O)CCC2=O)c1)C(C)C. The number of likely N-dealkylation sites (N-methyl/N-ethyl adjacent to an activating group) is 2. The van der Waals surface area contributed by atoms with Crippen LogP contribution in [0.1, 0.15) is 163 Å². The Balaban J connectivity index is 1.25. The number of anilines is 1. The fraction of sp³-hybridized carbons (Fsp3) is 0.662. The number of aliphatic hydroxyl groups is 4. The van der Waals surface area contributed by atoms with Crippen LogP contribution in [0.15, 0.2) is 48.5 Å². The topological polar surface area (TPSA) is 369 Å². The molecule has 3 fully saturated rings. The van der Waals surface area contributed by atoms with Crippen LogP contribution in [0, 0.1) is 35.5 Å². The minimum Gasteiger partial charge on any atom is -0.479 e. The molecule has 0 saturated carbocycles. The number of hydrogen-bond acceptors (Lipinski definition) is 21. The number of benzene rings is 2. The van der Waals surface area contributed by atoms with E-state index in [-0.39, 0.29) is 129 Å². The first kappa shape index (κ1) is 78.4. The molecule has 27 nitrogen and oxygen atoms in total. The number of ketones is 3. The predicted octanol–water partition coefficient (Wildman–Crippen LogP) is 5.49. The van der Waals surface area contributed by atoms with Gasteiger partial charge in [0.05, 0.1) is 48.5 Å². The van der Waals surface area contributed by atoms with Crippen LogP contribution in [-0.2, 0) is 78.3 Å². The summed E-state index contributed by atoms with van der Waals surface area (Å²) in [5, 5.41) is 55.2. The number of ether oxygens (including phenoxy) is 5. The number of aliphatic carboxylic acids is 1. The largest absolute Gasteiger partial charge is 0.479 e. The number of nitrogens with one attached hydrogen (secondary N) is 1. The lowest BCUT2D eigenvalue weighted by Gasteiger charge is -2.41. The fourth-order valence-electron chi connectivity index (χ4n) is 12.7. The average Bonchev–Trinajstić information content (AvgIpc) is 1.28. The van der Waals surface area contributed by atoms with Gasteiger partial charge in [-0.3, -0.25) is 38.4 Å². The molecule has 3 saturated heterocycles. The van der Waals surface area contributed by atoms with Crippen LogP contribution in [0.2, 0.25) is 0 Å². The van der Waals surface area contributed by atoms with Crippen LogP contribution < -0.4 is 10.1 Å². The van der Waals surface area contributed by atoms with Gasteiger partial charge in [0.25, 0.3) is 11.8 Å². The lowest BCUT2D eigenvalue weighted by atomic mass is 9.83. The van der Waals surface area contributed by atoms with Gasteiger partial charge < -0.3 is 74.1 Å². The van der Waals surface area contributed by atoms with Crippen LogP contribution in [-0.4, -0.2) is 206 Å². The lowest BCUT2D eigenvalue weighted by Crippen LogP contribution is -2.61. The molecule has 0 aliphatic carbocycles. The number of imide groups is 1. The number of hydroxylamine groups is 2. The van der Waals surface area contributed by atoms with Crippen molar-refractivity contribution in [3.63, 3.8) is 0 Å². The third-order valence-corrected chi connectivity index (χ3v) is 18.4. The Morgan fingerprint density at radius 3 is 1.98 bits per heavy atom. The number of rotatable bonds is 37. The van der Waals surface area contributed by atoms with Crippen molar-refractivity contribution in [2.75, 3.05) is 40.2 Å². The van der Waals surface area contributed by atoms with E-state index in [0.29, 0.717) is 36.4 Å². The van der Waals surface area contributed by atoms with Crippen LogP contribution in [0.4, 0.5) is 10.5 Å². The molecule has 15 atom stereocenters. The van der Waals surface area contributed by atoms with Crippen molar-refractivity contribution >= 4 is 70.6 Å². The number of aliphatic hydroxyl groups excluding tert-OH is 4. The summed E-state index contributed by atoms with van der Waals surface area (Å²) in [5.74, 6) is -9.07. The van der Waals surface area contributed by atoms with Gasteiger partial charge in [-0.05, 0) is 72.6 Å². The number of carboxylic acids is 1. The molecule has 528 valence electrons. The highest BCUT2D eigenvalue weighted by atomic mass is 16.7. The van der Waals surface area contributed by atoms with Crippen LogP contribution in [0.25, 0.3) is 0 Å². The second-order valence-electron chi connectivity index (χ2n) is 26.0. The zero-order valence-corrected chi connectivity index (χ0v) is 56.7. The van der Waals surface area contributed by atoms with Crippen molar-refractivity contribution in [1.82, 2.24) is 19.8 Å². The van der Waals surface area contributed by atoms with Gasteiger partial charge in [0, 0.05) is 98.1 Å². The van der Waals surface area contributed by atoms with Crippen molar-refractivity contribution in [2.45, 2.75) is 219 Å². The second kappa shape index (κ2) is 36.7. The summed E-state index contributed by atoms with van der Waals surface area (Å²) >= 11 is 0. The summed E-state index contributed by atoms with van der Waals surface area (Å²) < 4.78 is 28.9. The Morgan fingerprint density at radius 1 is 0.747 bits per heavy atom. The van der Waals surface area contributed by atoms with Crippen LogP contribution >= 0.6 is 0 Å². The number of carboxylic acid groups (broad SMARTS) is 1. The number of methoxy groups -OCH3 is 2. The molecule has 2 aromatic rings. The van der Waals surface area contributed by atoms with Crippen molar-refractivity contribution in [2.24, 2.45) is 35.5 Å². The molecule has 3 heterocycles. The van der Waals surface area contributed by atoms with E-state index in [2.05, 4.69) is 5.32 Å². The maximum atomic E-state index is 14.9. The van der Waals surface area contributed by atoms with E-state index in [1.165, 1.54) is 39.5 Å². The number of likely N-dealkylation sites (tertiary alicyclic amines) is 1. The maximum Gasteiger partial charge on any atom is 0.410 e. The maximum absolute atomic E-state index is 14.9. The molecular formula is C68H99N5O22. The summed E-state index contributed by atoms with van der Waals surface area (Å²) in [7, 11) is 6.04. The molecule has 3 aliphatic heterocycles. The first-order chi connectivity index (χ1) is 44.9. The van der Waals surface area contributed by atoms with E-state index in [4.69, 9.17) is 28.5 Å². The third kappa shape index (κ3) is 21.1. The van der Waals surface area contributed by atoms with Gasteiger partial charge in [0.2, 0.25) is 24.0 Å². The second-order valence-corrected chi connectivity index (χ2v) is 26.0. The summed E-state index contributed by atoms with van der Waals surface area (Å²) in [5.41, 5.74) is 0.829. The van der Waals surface area contributed by atoms with Gasteiger partial charge in [-0.2, -0.15) is 0 Å². The Bertz CT molecular complexity index is 2970. The third-order valence-electron chi connectivity index (χ3n) is 18.4. The van der Waals surface area contributed by atoms with Crippen LogP contribution in [0.3, 0.4) is 0 Å². The summed E-state index contributed by atoms with van der Waals surface area (Å²) in [6.45, 7) is 14.6. The minimum atomic E-state index is -2.04. The van der Waals surface area contributed by atoms with E-state index in [1.54, 1.807) is 37.6 Å². The number of nitrogens with zero attached hydrogens (tertiary/aromatic N) is 4. The molecule has 0 radical (unpaired) electrons. The molecule has 0 bridgehead atoms. The number of hydrogen-bond donors (Lipinski definition) is 6. The number of carbonyl (C=O) groups excluding carboxylic acids is 10. The fourth-order valence-corrected chi connectivity index (χ4v) is 12.7. The first-order valence-electron chi connectivity index (χ1n) is 32.8. The number of Topliss-reactive ketones (excluding diaryl/α,β-unsaturated/α-hetero) is 3. The smallest absolute Gasteiger partial charge is 0.410 e. The normalized spacial score (nSPS) is 21.8. The Morgan fingerprint density at radius 2 is 1.39 bits per heavy atom. The zero-order chi connectivity index (χ0) is 70.7. The van der Waals surface area contributed by atoms with Gasteiger partial charge in [0.1, 0.15) is 42.2 Å². The van der Waals surface area contributed by atoms with Crippen molar-refractivity contribution in [3.8, 4) is 5.75 Å². The molecular weight excluding hydrogens is 1240 g/mol. The zero-order valence-electron chi connectivity index (χ0n) is 56.7. The van der Waals surface area contributed by atoms with Crippen molar-refractivity contribution < 1.29 is 107 Å². The predicted molar refractivity (Wildman–Crippen MR) is 341 cm³/mol. The molecule has 2 aromatic carbocycles. The van der Waals surface area contributed by atoms with Gasteiger partial charge >= 0.3 is 18.0 Å². The van der Waals surface area contributed by atoms with E-state index >= 15 is 0 Å². The average molecular weight is 1340 g/mol. The van der Waals surface area contributed by atoms with Gasteiger partial charge in [-0.15, -0.1) is 5.06 Å². The minimum absolute atomic E-state index is 0.0292. The van der Waals surface area contributed by atoms with Crippen molar-refractivity contribution in [3.05, 3.63) is 59.7 Å². The molecule has 0 aromatic heterocycles. The van der Waals surface area contributed by atoms with Gasteiger partial charge in [-0.25, -0.2) is 14.4 Å². The van der Waals surface area contributed by atoms with Gasteiger partial charge in [0.15, 0.2) is 11.9 Å². The highest BCUT2D eigenvalue weighted by Crippen LogP contribution is 2.35. The van der Waals surface area contributed by atoms with E-state index in [9.17, 15) is 78.3 Å². The summed E-state index contributed by atoms with van der Waals surface area (Å²) in [4.78, 5) is 155. The number of carbonyl (C=O) groups is 11. The molecule has 10 unspecified atom stereocenters. The van der Waals surface area contributed by atoms with Crippen molar-refractivity contribution in [1.29, 1.82) is 0 Å². The first-order valence-corrected chi connectivity index (χ1v) is 32.8. The molecule has 95 heavy (non-hydrogen) atoms. The highest BCUT2D eigenvalue weighted by molar-refractivity contribution is 6.01. The quantitative estimate of drug-likeness (QED) is 0.0456. The molecule has 0 spiro atoms. The van der Waals surface area contributed by atoms with Gasteiger partial charge in [-0.1, -0.05) is 98.2 Å². The number of amides is 6. The van der Waals surface area contributed by atoms with E-state index < -0.39 is 133 Å². The molecule has 6 N–H and O–H groups in total. The Hall–Kier alpha value is -7.27. The summed E-state index contributed by atoms with van der Waals surface area (Å²) in [6.07, 6.45) is -12.3. The molecule has 3 aliphatic rings. The van der Waals surface area contributed by atoms with Crippen LogP contribution in [0.5, 0.6) is 5.75 Å². The van der Waals surface area contributed by atoms with E-state index in [0.717, 1.165) is 4.90 Å². The lowest BCUT2D eigenvalue weighted by molar-refractivity contribution is -0.271.